The third kappa shape index (κ3) is 2.68. The van der Waals surface area contributed by atoms with Crippen LogP contribution in [0.25, 0.3) is 11.6 Å². The van der Waals surface area contributed by atoms with E-state index in [2.05, 4.69) is 11.9 Å². The molecule has 0 saturated carbocycles. The van der Waals surface area contributed by atoms with Crippen molar-refractivity contribution in [3.8, 4) is 0 Å². The Morgan fingerprint density at radius 3 is 3.09 bits per heavy atom. The molecular weight excluding hydrogens is 301 g/mol. The number of esters is 1. The van der Waals surface area contributed by atoms with Crippen molar-refractivity contribution in [1.29, 1.82) is 0 Å². The van der Waals surface area contributed by atoms with Gasteiger partial charge in [0.15, 0.2) is 0 Å². The second kappa shape index (κ2) is 6.01. The first-order chi connectivity index (χ1) is 10.6. The number of aromatic nitrogens is 1. The monoisotopic (exact) mass is 317 g/mol. The van der Waals surface area contributed by atoms with Crippen LogP contribution in [0.15, 0.2) is 24.4 Å². The minimum Gasteiger partial charge on any atom is -0.462 e. The van der Waals surface area contributed by atoms with E-state index in [-0.39, 0.29) is 17.7 Å². The summed E-state index contributed by atoms with van der Waals surface area (Å²) in [5, 5.41) is 0.754. The van der Waals surface area contributed by atoms with Crippen molar-refractivity contribution in [3.05, 3.63) is 51.2 Å². The van der Waals surface area contributed by atoms with Crippen molar-refractivity contribution >= 4 is 29.0 Å². The summed E-state index contributed by atoms with van der Waals surface area (Å²) in [6.45, 7) is 4.18. The number of thiazole rings is 1. The molecule has 0 saturated heterocycles. The SMILES string of the molecule is CCOC(=O)c1cnc(C2=Cc3c(F)cccc3C(C)C2)s1. The number of carbonyl (C=O) groups excluding carboxylic acids is 1. The molecule has 3 nitrogen and oxygen atoms in total. The lowest BCUT2D eigenvalue weighted by Crippen LogP contribution is -2.05. The molecule has 1 aromatic carbocycles. The zero-order valence-corrected chi connectivity index (χ0v) is 13.2. The summed E-state index contributed by atoms with van der Waals surface area (Å²) in [5.74, 6) is -0.355. The molecule has 1 aromatic heterocycles. The van der Waals surface area contributed by atoms with E-state index in [1.807, 2.05) is 12.1 Å². The second-order valence-corrected chi connectivity index (χ2v) is 6.30. The molecule has 0 N–H and O–H groups in total. The number of allylic oxidation sites excluding steroid dienone is 1. The fraction of sp³-hybridized carbons (Fsp3) is 0.294. The van der Waals surface area contributed by atoms with Gasteiger partial charge in [-0.3, -0.25) is 0 Å². The zero-order valence-electron chi connectivity index (χ0n) is 12.4. The first kappa shape index (κ1) is 14.9. The van der Waals surface area contributed by atoms with Gasteiger partial charge in [-0.05, 0) is 42.5 Å². The van der Waals surface area contributed by atoms with Gasteiger partial charge in [-0.25, -0.2) is 14.2 Å². The van der Waals surface area contributed by atoms with E-state index in [0.717, 1.165) is 22.6 Å². The van der Waals surface area contributed by atoms with Crippen molar-refractivity contribution in [1.82, 2.24) is 4.98 Å². The van der Waals surface area contributed by atoms with Crippen molar-refractivity contribution in [2.45, 2.75) is 26.2 Å². The van der Waals surface area contributed by atoms with Crippen LogP contribution < -0.4 is 0 Å². The van der Waals surface area contributed by atoms with E-state index >= 15 is 0 Å². The summed E-state index contributed by atoms with van der Waals surface area (Å²) < 4.78 is 19.0. The molecule has 1 aliphatic carbocycles. The first-order valence-corrected chi connectivity index (χ1v) is 8.04. The molecule has 3 rings (SSSR count). The fourth-order valence-corrected chi connectivity index (χ4v) is 3.51. The highest BCUT2D eigenvalue weighted by atomic mass is 32.1. The Bertz CT molecular complexity index is 751. The molecular formula is C17H16FNO2S. The number of ether oxygens (including phenoxy) is 1. The number of halogens is 1. The predicted octanol–water partition coefficient (Wildman–Crippen LogP) is 4.51. The maximum atomic E-state index is 14.0. The third-order valence-electron chi connectivity index (χ3n) is 3.72. The molecule has 1 atom stereocenters. The van der Waals surface area contributed by atoms with E-state index in [4.69, 9.17) is 4.74 Å². The minimum absolute atomic E-state index is 0.219. The van der Waals surface area contributed by atoms with Crippen LogP contribution in [0.4, 0.5) is 4.39 Å². The molecule has 0 spiro atoms. The molecule has 114 valence electrons. The molecule has 1 unspecified atom stereocenters. The Hall–Kier alpha value is -2.01. The van der Waals surface area contributed by atoms with Crippen molar-refractivity contribution < 1.29 is 13.9 Å². The highest BCUT2D eigenvalue weighted by molar-refractivity contribution is 7.14. The van der Waals surface area contributed by atoms with Gasteiger partial charge < -0.3 is 4.74 Å². The van der Waals surface area contributed by atoms with Crippen LogP contribution in [-0.2, 0) is 4.74 Å². The van der Waals surface area contributed by atoms with Gasteiger partial charge in [0.2, 0.25) is 0 Å². The number of rotatable bonds is 3. The van der Waals surface area contributed by atoms with Crippen LogP contribution in [0.2, 0.25) is 0 Å². The van der Waals surface area contributed by atoms with Crippen LogP contribution in [0.1, 0.15) is 52.0 Å². The molecule has 1 aliphatic rings. The Labute approximate surface area is 132 Å². The molecule has 0 bridgehead atoms. The Kier molecular flexibility index (Phi) is 4.07. The topological polar surface area (TPSA) is 39.2 Å². The highest BCUT2D eigenvalue weighted by Gasteiger charge is 2.23. The number of hydrogen-bond acceptors (Lipinski definition) is 4. The van der Waals surface area contributed by atoms with Gasteiger partial charge in [-0.2, -0.15) is 0 Å². The van der Waals surface area contributed by atoms with Gasteiger partial charge in [0.05, 0.1) is 12.8 Å². The van der Waals surface area contributed by atoms with Crippen LogP contribution in [0.3, 0.4) is 0 Å². The van der Waals surface area contributed by atoms with Crippen LogP contribution in [0, 0.1) is 5.82 Å². The average Bonchev–Trinajstić information content (AvgIpc) is 2.98. The summed E-state index contributed by atoms with van der Waals surface area (Å²) in [7, 11) is 0. The quantitative estimate of drug-likeness (QED) is 0.782. The van der Waals surface area contributed by atoms with Gasteiger partial charge in [-0.15, -0.1) is 11.3 Å². The standard InChI is InChI=1S/C17H16FNO2S/c1-3-21-17(20)15-9-19-16(22-15)11-7-10(2)12-5-4-6-14(18)13(12)8-11/h4-6,8-10H,3,7H2,1-2H3. The molecule has 0 fully saturated rings. The van der Waals surface area contributed by atoms with E-state index in [0.29, 0.717) is 17.0 Å². The molecule has 0 amide bonds. The summed E-state index contributed by atoms with van der Waals surface area (Å²) in [5.41, 5.74) is 2.61. The first-order valence-electron chi connectivity index (χ1n) is 7.22. The molecule has 2 aromatic rings. The van der Waals surface area contributed by atoms with Crippen molar-refractivity contribution in [3.63, 3.8) is 0 Å². The smallest absolute Gasteiger partial charge is 0.349 e. The van der Waals surface area contributed by atoms with Gasteiger partial charge in [-0.1, -0.05) is 19.1 Å². The van der Waals surface area contributed by atoms with Crippen LogP contribution in [0.5, 0.6) is 0 Å². The van der Waals surface area contributed by atoms with Crippen molar-refractivity contribution in [2.24, 2.45) is 0 Å². The number of hydrogen-bond donors (Lipinski definition) is 0. The maximum absolute atomic E-state index is 14.0. The normalized spacial score (nSPS) is 16.9. The summed E-state index contributed by atoms with van der Waals surface area (Å²) in [6, 6.07) is 5.17. The van der Waals surface area contributed by atoms with Crippen LogP contribution in [-0.4, -0.2) is 17.6 Å². The number of benzene rings is 1. The molecule has 5 heteroatoms. The van der Waals surface area contributed by atoms with Gasteiger partial charge >= 0.3 is 5.97 Å². The Morgan fingerprint density at radius 1 is 1.50 bits per heavy atom. The lowest BCUT2D eigenvalue weighted by atomic mass is 9.84. The molecule has 22 heavy (non-hydrogen) atoms. The predicted molar refractivity (Wildman–Crippen MR) is 85.4 cm³/mol. The van der Waals surface area contributed by atoms with E-state index in [1.54, 1.807) is 13.0 Å². The van der Waals surface area contributed by atoms with E-state index in [1.165, 1.54) is 23.6 Å². The Morgan fingerprint density at radius 2 is 2.32 bits per heavy atom. The second-order valence-electron chi connectivity index (χ2n) is 5.27. The van der Waals surface area contributed by atoms with Crippen molar-refractivity contribution in [2.75, 3.05) is 6.61 Å². The number of carbonyl (C=O) groups is 1. The summed E-state index contributed by atoms with van der Waals surface area (Å²) in [6.07, 6.45) is 4.16. The molecule has 0 aliphatic heterocycles. The molecule has 0 radical (unpaired) electrons. The number of nitrogens with zero attached hydrogens (tertiary/aromatic N) is 1. The highest BCUT2D eigenvalue weighted by Crippen LogP contribution is 2.39. The summed E-state index contributed by atoms with van der Waals surface area (Å²) >= 11 is 1.29. The minimum atomic E-state index is -0.359. The third-order valence-corrected chi connectivity index (χ3v) is 4.77. The zero-order chi connectivity index (χ0) is 15.7. The maximum Gasteiger partial charge on any atom is 0.349 e. The van der Waals surface area contributed by atoms with Crippen LogP contribution >= 0.6 is 11.3 Å². The number of fused-ring (bicyclic) bond motifs is 1. The summed E-state index contributed by atoms with van der Waals surface area (Å²) in [4.78, 5) is 16.5. The largest absolute Gasteiger partial charge is 0.462 e. The lowest BCUT2D eigenvalue weighted by molar-refractivity contribution is 0.0532. The fourth-order valence-electron chi connectivity index (χ4n) is 2.68. The molecule has 1 heterocycles. The van der Waals surface area contributed by atoms with E-state index in [9.17, 15) is 9.18 Å². The van der Waals surface area contributed by atoms with Gasteiger partial charge in [0, 0.05) is 5.56 Å². The average molecular weight is 317 g/mol. The van der Waals surface area contributed by atoms with Gasteiger partial charge in [0.1, 0.15) is 15.7 Å². The van der Waals surface area contributed by atoms with E-state index < -0.39 is 0 Å². The van der Waals surface area contributed by atoms with Gasteiger partial charge in [0.25, 0.3) is 0 Å². The Balaban J connectivity index is 1.96. The lowest BCUT2D eigenvalue weighted by Gasteiger charge is -2.22.